The molecule has 0 atom stereocenters. The highest BCUT2D eigenvalue weighted by Gasteiger charge is 2.26. The summed E-state index contributed by atoms with van der Waals surface area (Å²) in [7, 11) is 0. The minimum absolute atomic E-state index is 0.0672. The van der Waals surface area contributed by atoms with Gasteiger partial charge in [-0.15, -0.1) is 0 Å². The summed E-state index contributed by atoms with van der Waals surface area (Å²) in [5, 5.41) is 3.21. The zero-order valence-electron chi connectivity index (χ0n) is 10.5. The number of hydrogen-bond acceptors (Lipinski definition) is 3. The van der Waals surface area contributed by atoms with Crippen molar-refractivity contribution in [1.82, 2.24) is 5.32 Å². The van der Waals surface area contributed by atoms with E-state index in [1.54, 1.807) is 12.3 Å². The van der Waals surface area contributed by atoms with Crippen molar-refractivity contribution in [2.45, 2.75) is 45.6 Å². The average Bonchev–Trinajstić information content (AvgIpc) is 2.68. The van der Waals surface area contributed by atoms with Gasteiger partial charge in [0.25, 0.3) is 0 Å². The second-order valence-corrected chi connectivity index (χ2v) is 4.37. The van der Waals surface area contributed by atoms with Crippen LogP contribution in [0.3, 0.4) is 0 Å². The Labute approximate surface area is 104 Å². The quantitative estimate of drug-likeness (QED) is 0.768. The number of furan rings is 1. The number of rotatable bonds is 7. The fraction of sp³-hybridized carbons (Fsp3) is 0.667. The molecule has 0 radical (unpaired) electrons. The second-order valence-electron chi connectivity index (χ2n) is 4.37. The molecule has 0 aliphatic heterocycles. The van der Waals surface area contributed by atoms with E-state index in [0.29, 0.717) is 18.3 Å². The van der Waals surface area contributed by atoms with Crippen molar-refractivity contribution in [2.75, 3.05) is 6.61 Å². The predicted molar refractivity (Wildman–Crippen MR) is 61.0 cm³/mol. The predicted octanol–water partition coefficient (Wildman–Crippen LogP) is 3.25. The Hall–Kier alpha value is -1.01. The summed E-state index contributed by atoms with van der Waals surface area (Å²) >= 11 is 0. The first kappa shape index (κ1) is 15.0. The molecule has 0 fully saturated rings. The zero-order valence-corrected chi connectivity index (χ0v) is 10.5. The van der Waals surface area contributed by atoms with Crippen molar-refractivity contribution < 1.29 is 22.3 Å². The van der Waals surface area contributed by atoms with Crippen LogP contribution in [0.2, 0.25) is 0 Å². The van der Waals surface area contributed by atoms with Crippen LogP contribution in [0.1, 0.15) is 31.6 Å². The molecule has 1 rings (SSSR count). The Bertz CT molecular complexity index is 347. The van der Waals surface area contributed by atoms with E-state index >= 15 is 0 Å². The molecule has 1 N–H and O–H groups in total. The minimum atomic E-state index is -4.17. The molecule has 3 nitrogen and oxygen atoms in total. The van der Waals surface area contributed by atoms with Gasteiger partial charge in [0.2, 0.25) is 0 Å². The highest BCUT2D eigenvalue weighted by atomic mass is 19.4. The van der Waals surface area contributed by atoms with Crippen LogP contribution >= 0.6 is 0 Å². The van der Waals surface area contributed by atoms with Gasteiger partial charge in [-0.2, -0.15) is 13.2 Å². The van der Waals surface area contributed by atoms with E-state index in [0.717, 1.165) is 5.56 Å². The summed E-state index contributed by atoms with van der Waals surface area (Å²) in [5.41, 5.74) is 0.957. The Morgan fingerprint density at radius 1 is 1.39 bits per heavy atom. The first-order valence-corrected chi connectivity index (χ1v) is 5.81. The van der Waals surface area contributed by atoms with Gasteiger partial charge in [0.1, 0.15) is 12.4 Å². The van der Waals surface area contributed by atoms with E-state index in [1.165, 1.54) is 0 Å². The Morgan fingerprint density at radius 2 is 2.11 bits per heavy atom. The van der Waals surface area contributed by atoms with Gasteiger partial charge in [-0.1, -0.05) is 13.8 Å². The summed E-state index contributed by atoms with van der Waals surface area (Å²) in [4.78, 5) is 0. The maximum absolute atomic E-state index is 11.8. The van der Waals surface area contributed by atoms with E-state index < -0.39 is 12.6 Å². The second kappa shape index (κ2) is 6.80. The van der Waals surface area contributed by atoms with Crippen molar-refractivity contribution in [2.24, 2.45) is 0 Å². The molecule has 0 aliphatic carbocycles. The fourth-order valence-electron chi connectivity index (χ4n) is 1.28. The Balaban J connectivity index is 2.23. The van der Waals surface area contributed by atoms with Crippen LogP contribution < -0.4 is 5.32 Å². The van der Waals surface area contributed by atoms with Gasteiger partial charge in [-0.05, 0) is 6.07 Å². The first-order chi connectivity index (χ1) is 8.37. The van der Waals surface area contributed by atoms with Crippen LogP contribution in [0.4, 0.5) is 13.2 Å². The third kappa shape index (κ3) is 6.66. The average molecular weight is 265 g/mol. The monoisotopic (exact) mass is 265 g/mol. The molecule has 0 saturated heterocycles. The van der Waals surface area contributed by atoms with Crippen molar-refractivity contribution in [3.8, 4) is 0 Å². The molecule has 0 aromatic carbocycles. The minimum Gasteiger partial charge on any atom is -0.467 e. The van der Waals surface area contributed by atoms with E-state index in [9.17, 15) is 13.2 Å². The lowest BCUT2D eigenvalue weighted by molar-refractivity contribution is -0.146. The SMILES string of the molecule is CC(C)NCc1coc(COCCC(F)(F)F)c1. The van der Waals surface area contributed by atoms with Gasteiger partial charge < -0.3 is 14.5 Å². The molecule has 1 heterocycles. The molecule has 6 heteroatoms. The van der Waals surface area contributed by atoms with Gasteiger partial charge in [0.05, 0.1) is 19.3 Å². The van der Waals surface area contributed by atoms with Crippen molar-refractivity contribution in [3.05, 3.63) is 23.7 Å². The molecule has 0 unspecified atom stereocenters. The Morgan fingerprint density at radius 3 is 2.72 bits per heavy atom. The van der Waals surface area contributed by atoms with Crippen LogP contribution in [0, 0.1) is 0 Å². The zero-order chi connectivity index (χ0) is 13.6. The number of hydrogen-bond donors (Lipinski definition) is 1. The van der Waals surface area contributed by atoms with Crippen LogP contribution in [-0.2, 0) is 17.9 Å². The van der Waals surface area contributed by atoms with Gasteiger partial charge in [-0.3, -0.25) is 0 Å². The molecule has 104 valence electrons. The molecule has 0 aliphatic rings. The highest BCUT2D eigenvalue weighted by molar-refractivity contribution is 5.12. The van der Waals surface area contributed by atoms with E-state index in [2.05, 4.69) is 5.32 Å². The van der Waals surface area contributed by atoms with Crippen molar-refractivity contribution in [1.29, 1.82) is 0 Å². The largest absolute Gasteiger partial charge is 0.467 e. The summed E-state index contributed by atoms with van der Waals surface area (Å²) in [6.07, 6.45) is -3.52. The standard InChI is InChI=1S/C12H18F3NO2/c1-9(2)16-6-10-5-11(18-7-10)8-17-4-3-12(13,14)15/h5,7,9,16H,3-4,6,8H2,1-2H3. The normalized spacial score (nSPS) is 12.3. The first-order valence-electron chi connectivity index (χ1n) is 5.81. The number of nitrogens with one attached hydrogen (secondary N) is 1. The van der Waals surface area contributed by atoms with Gasteiger partial charge in [0, 0.05) is 18.2 Å². The molecule has 1 aromatic rings. The number of halogens is 3. The highest BCUT2D eigenvalue weighted by Crippen LogP contribution is 2.19. The topological polar surface area (TPSA) is 34.4 Å². The summed E-state index contributed by atoms with van der Waals surface area (Å²) in [5.74, 6) is 0.540. The van der Waals surface area contributed by atoms with Crippen molar-refractivity contribution in [3.63, 3.8) is 0 Å². The smallest absolute Gasteiger partial charge is 0.391 e. The third-order valence-corrected chi connectivity index (χ3v) is 2.20. The fourth-order valence-corrected chi connectivity index (χ4v) is 1.28. The summed E-state index contributed by atoms with van der Waals surface area (Å²) in [6.45, 7) is 4.45. The molecule has 1 aromatic heterocycles. The van der Waals surface area contributed by atoms with Crippen LogP contribution in [0.15, 0.2) is 16.7 Å². The maximum Gasteiger partial charge on any atom is 0.391 e. The molecular weight excluding hydrogens is 247 g/mol. The molecule has 0 spiro atoms. The molecule has 18 heavy (non-hydrogen) atoms. The van der Waals surface area contributed by atoms with E-state index in [1.807, 2.05) is 13.8 Å². The van der Waals surface area contributed by atoms with Crippen LogP contribution in [-0.4, -0.2) is 18.8 Å². The number of ether oxygens (including phenoxy) is 1. The van der Waals surface area contributed by atoms with Crippen LogP contribution in [0.5, 0.6) is 0 Å². The lowest BCUT2D eigenvalue weighted by atomic mass is 10.3. The summed E-state index contributed by atoms with van der Waals surface area (Å²) < 4.78 is 45.6. The lowest BCUT2D eigenvalue weighted by Gasteiger charge is -2.05. The number of alkyl halides is 3. The third-order valence-electron chi connectivity index (χ3n) is 2.20. The summed E-state index contributed by atoms with van der Waals surface area (Å²) in [6, 6.07) is 2.15. The van der Waals surface area contributed by atoms with Gasteiger partial charge in [-0.25, -0.2) is 0 Å². The molecule has 0 saturated carbocycles. The van der Waals surface area contributed by atoms with Crippen molar-refractivity contribution >= 4 is 0 Å². The molecule has 0 amide bonds. The van der Waals surface area contributed by atoms with Crippen LogP contribution in [0.25, 0.3) is 0 Å². The van der Waals surface area contributed by atoms with Gasteiger partial charge in [0.15, 0.2) is 0 Å². The van der Waals surface area contributed by atoms with E-state index in [-0.39, 0.29) is 13.2 Å². The Kier molecular flexibility index (Phi) is 5.68. The molecule has 0 bridgehead atoms. The maximum atomic E-state index is 11.8. The van der Waals surface area contributed by atoms with Gasteiger partial charge >= 0.3 is 6.18 Å². The molecular formula is C12H18F3NO2. The van der Waals surface area contributed by atoms with E-state index in [4.69, 9.17) is 9.15 Å². The lowest BCUT2D eigenvalue weighted by Crippen LogP contribution is -2.21.